The number of hydrogen-bond acceptors (Lipinski definition) is 3. The molecule has 0 aromatic heterocycles. The van der Waals surface area contributed by atoms with E-state index in [0.29, 0.717) is 19.4 Å². The molecule has 1 fully saturated rings. The van der Waals surface area contributed by atoms with E-state index in [2.05, 4.69) is 38.1 Å². The number of carbonyl (C=O) groups excluding carboxylic acids is 1. The quantitative estimate of drug-likeness (QED) is 0.561. The van der Waals surface area contributed by atoms with Crippen LogP contribution in [0.2, 0.25) is 0 Å². The average Bonchev–Trinajstić information content (AvgIpc) is 3.10. The van der Waals surface area contributed by atoms with Crippen molar-refractivity contribution in [3.05, 3.63) is 59.7 Å². The number of amides is 1. The second-order valence-electron chi connectivity index (χ2n) is 10.5. The number of rotatable bonds is 6. The highest BCUT2D eigenvalue weighted by Gasteiger charge is 2.55. The van der Waals surface area contributed by atoms with Gasteiger partial charge in [0, 0.05) is 12.5 Å². The van der Waals surface area contributed by atoms with Gasteiger partial charge in [-0.3, -0.25) is 4.90 Å². The van der Waals surface area contributed by atoms with E-state index in [9.17, 15) is 14.7 Å². The van der Waals surface area contributed by atoms with Crippen LogP contribution in [0.1, 0.15) is 70.4 Å². The van der Waals surface area contributed by atoms with Gasteiger partial charge < -0.3 is 9.84 Å². The van der Waals surface area contributed by atoms with E-state index in [4.69, 9.17) is 4.74 Å². The van der Waals surface area contributed by atoms with Crippen LogP contribution in [0, 0.1) is 11.3 Å². The van der Waals surface area contributed by atoms with Crippen molar-refractivity contribution >= 4 is 12.1 Å². The number of nitrogens with zero attached hydrogens (tertiary/aromatic N) is 1. The summed E-state index contributed by atoms with van der Waals surface area (Å²) in [5.74, 6) is -1.13. The number of ether oxygens (including phenoxy) is 1. The third-order valence-electron chi connectivity index (χ3n) is 7.71. The molecule has 0 bridgehead atoms. The summed E-state index contributed by atoms with van der Waals surface area (Å²) < 4.78 is 5.91. The first-order valence-electron chi connectivity index (χ1n) is 12.1. The van der Waals surface area contributed by atoms with Gasteiger partial charge in [-0.2, -0.15) is 0 Å². The standard InChI is InChI=1S/C28H35NO4/c1-5-16-29(28(25(30)31)15-14-27(3,4)17-19(28)2)26(32)33-18-24-22-12-8-6-10-20(22)21-11-7-9-13-23(21)24/h6-13,19,24H,5,14-18H2,1-4H3,(H,30,31). The largest absolute Gasteiger partial charge is 0.479 e. The summed E-state index contributed by atoms with van der Waals surface area (Å²) in [5.41, 5.74) is 3.48. The highest BCUT2D eigenvalue weighted by molar-refractivity contribution is 5.85. The number of aliphatic carboxylic acids is 1. The van der Waals surface area contributed by atoms with Gasteiger partial charge in [0.05, 0.1) is 0 Å². The van der Waals surface area contributed by atoms with Gasteiger partial charge >= 0.3 is 12.1 Å². The fourth-order valence-electron chi connectivity index (χ4n) is 6.06. The van der Waals surface area contributed by atoms with Crippen molar-refractivity contribution in [3.63, 3.8) is 0 Å². The summed E-state index contributed by atoms with van der Waals surface area (Å²) in [6.45, 7) is 8.85. The van der Waals surface area contributed by atoms with Gasteiger partial charge in [0.2, 0.25) is 0 Å². The lowest BCUT2D eigenvalue weighted by Gasteiger charge is -2.50. The van der Waals surface area contributed by atoms with Gasteiger partial charge in [-0.25, -0.2) is 9.59 Å². The lowest BCUT2D eigenvalue weighted by molar-refractivity contribution is -0.159. The highest BCUT2D eigenvalue weighted by Crippen LogP contribution is 2.48. The van der Waals surface area contributed by atoms with Crippen LogP contribution in [0.3, 0.4) is 0 Å². The fraction of sp³-hybridized carbons (Fsp3) is 0.500. The van der Waals surface area contributed by atoms with Crippen molar-refractivity contribution in [2.45, 2.75) is 64.8 Å². The predicted octanol–water partition coefficient (Wildman–Crippen LogP) is 6.32. The van der Waals surface area contributed by atoms with Crippen molar-refractivity contribution in [1.29, 1.82) is 0 Å². The number of carboxylic acids is 1. The second kappa shape index (κ2) is 8.85. The first-order valence-corrected chi connectivity index (χ1v) is 12.1. The van der Waals surface area contributed by atoms with E-state index in [1.807, 2.05) is 38.1 Å². The Labute approximate surface area is 196 Å². The Kier molecular flexibility index (Phi) is 6.26. The fourth-order valence-corrected chi connectivity index (χ4v) is 6.06. The summed E-state index contributed by atoms with van der Waals surface area (Å²) in [5, 5.41) is 10.4. The molecule has 1 amide bonds. The van der Waals surface area contributed by atoms with E-state index in [1.165, 1.54) is 16.0 Å². The maximum atomic E-state index is 13.5. The molecule has 2 aromatic rings. The zero-order valence-corrected chi connectivity index (χ0v) is 20.1. The monoisotopic (exact) mass is 449 g/mol. The van der Waals surface area contributed by atoms with Crippen LogP contribution in [0.25, 0.3) is 11.1 Å². The smallest absolute Gasteiger partial charge is 0.410 e. The van der Waals surface area contributed by atoms with Crippen LogP contribution in [-0.2, 0) is 9.53 Å². The summed E-state index contributed by atoms with van der Waals surface area (Å²) in [4.78, 5) is 27.6. The van der Waals surface area contributed by atoms with E-state index in [1.54, 1.807) is 0 Å². The van der Waals surface area contributed by atoms with E-state index >= 15 is 0 Å². The van der Waals surface area contributed by atoms with Crippen LogP contribution in [0.4, 0.5) is 4.79 Å². The molecule has 4 rings (SSSR count). The number of carbonyl (C=O) groups is 2. The van der Waals surface area contributed by atoms with Crippen molar-refractivity contribution < 1.29 is 19.4 Å². The molecule has 0 saturated heterocycles. The molecule has 1 saturated carbocycles. The average molecular weight is 450 g/mol. The van der Waals surface area contributed by atoms with Crippen molar-refractivity contribution in [2.75, 3.05) is 13.2 Å². The Bertz CT molecular complexity index is 1000. The minimum absolute atomic E-state index is 0.0479. The summed E-state index contributed by atoms with van der Waals surface area (Å²) >= 11 is 0. The van der Waals surface area contributed by atoms with Crippen LogP contribution in [0.15, 0.2) is 48.5 Å². The minimum atomic E-state index is -1.23. The predicted molar refractivity (Wildman–Crippen MR) is 129 cm³/mol. The summed E-state index contributed by atoms with van der Waals surface area (Å²) in [7, 11) is 0. The summed E-state index contributed by atoms with van der Waals surface area (Å²) in [6, 6.07) is 16.4. The van der Waals surface area contributed by atoms with Crippen LogP contribution in [-0.4, -0.2) is 40.8 Å². The van der Waals surface area contributed by atoms with Gasteiger partial charge in [-0.1, -0.05) is 76.2 Å². The molecule has 33 heavy (non-hydrogen) atoms. The van der Waals surface area contributed by atoms with Gasteiger partial charge in [0.25, 0.3) is 0 Å². The molecule has 0 aliphatic heterocycles. The number of benzene rings is 2. The normalized spacial score (nSPS) is 23.5. The lowest BCUT2D eigenvalue weighted by atomic mass is 9.63. The van der Waals surface area contributed by atoms with Crippen LogP contribution < -0.4 is 0 Å². The van der Waals surface area contributed by atoms with Gasteiger partial charge in [0.1, 0.15) is 12.1 Å². The molecule has 176 valence electrons. The molecule has 1 N–H and O–H groups in total. The van der Waals surface area contributed by atoms with E-state index in [0.717, 1.165) is 24.0 Å². The second-order valence-corrected chi connectivity index (χ2v) is 10.5. The summed E-state index contributed by atoms with van der Waals surface area (Å²) in [6.07, 6.45) is 2.12. The minimum Gasteiger partial charge on any atom is -0.479 e. The maximum absolute atomic E-state index is 13.5. The first kappa shape index (κ1) is 23.3. The zero-order valence-electron chi connectivity index (χ0n) is 20.1. The first-order chi connectivity index (χ1) is 15.7. The van der Waals surface area contributed by atoms with Crippen LogP contribution >= 0.6 is 0 Å². The molecular weight excluding hydrogens is 414 g/mol. The van der Waals surface area contributed by atoms with Crippen LogP contribution in [0.5, 0.6) is 0 Å². The molecule has 2 atom stereocenters. The lowest BCUT2D eigenvalue weighted by Crippen LogP contribution is -2.63. The van der Waals surface area contributed by atoms with E-state index in [-0.39, 0.29) is 23.9 Å². The molecule has 0 spiro atoms. The Morgan fingerprint density at radius 2 is 1.61 bits per heavy atom. The molecule has 5 nitrogen and oxygen atoms in total. The molecule has 0 radical (unpaired) electrons. The zero-order chi connectivity index (χ0) is 23.8. The third kappa shape index (κ3) is 4.03. The third-order valence-corrected chi connectivity index (χ3v) is 7.71. The Balaban J connectivity index is 1.59. The number of fused-ring (bicyclic) bond motifs is 3. The van der Waals surface area contributed by atoms with Gasteiger partial charge in [-0.05, 0) is 59.3 Å². The molecule has 2 aromatic carbocycles. The highest BCUT2D eigenvalue weighted by atomic mass is 16.6. The van der Waals surface area contributed by atoms with Gasteiger partial charge in [0.15, 0.2) is 0 Å². The van der Waals surface area contributed by atoms with Crippen molar-refractivity contribution in [1.82, 2.24) is 4.90 Å². The topological polar surface area (TPSA) is 66.8 Å². The maximum Gasteiger partial charge on any atom is 0.410 e. The van der Waals surface area contributed by atoms with Crippen molar-refractivity contribution in [3.8, 4) is 11.1 Å². The Morgan fingerprint density at radius 1 is 1.03 bits per heavy atom. The Morgan fingerprint density at radius 3 is 2.12 bits per heavy atom. The number of hydrogen-bond donors (Lipinski definition) is 1. The molecule has 5 heteroatoms. The van der Waals surface area contributed by atoms with Gasteiger partial charge in [-0.15, -0.1) is 0 Å². The molecule has 2 aliphatic carbocycles. The molecular formula is C28H35NO4. The molecule has 2 aliphatic rings. The van der Waals surface area contributed by atoms with E-state index < -0.39 is 17.6 Å². The molecule has 0 heterocycles. The SMILES string of the molecule is CCCN(C(=O)OCC1c2ccccc2-c2ccccc21)C1(C(=O)O)CCC(C)(C)CC1C. The number of carboxylic acid groups (broad SMARTS) is 1. The molecule has 2 unspecified atom stereocenters. The van der Waals surface area contributed by atoms with Crippen molar-refractivity contribution in [2.24, 2.45) is 11.3 Å². The Hall–Kier alpha value is -2.82.